The van der Waals surface area contributed by atoms with Crippen molar-refractivity contribution in [3.63, 3.8) is 0 Å². The highest BCUT2D eigenvalue weighted by atomic mass is 35.5. The Morgan fingerprint density at radius 1 is 1.24 bits per heavy atom. The van der Waals surface area contributed by atoms with Gasteiger partial charge in [0.15, 0.2) is 0 Å². The van der Waals surface area contributed by atoms with Crippen LogP contribution in [0.2, 0.25) is 5.02 Å². The molecule has 0 saturated heterocycles. The lowest BCUT2D eigenvalue weighted by Crippen LogP contribution is -2.36. The van der Waals surface area contributed by atoms with Gasteiger partial charge in [-0.1, -0.05) is 11.6 Å². The van der Waals surface area contributed by atoms with Gasteiger partial charge in [-0.25, -0.2) is 8.42 Å². The molecule has 1 aromatic carbocycles. The molecule has 0 fully saturated rings. The summed E-state index contributed by atoms with van der Waals surface area (Å²) in [5.41, 5.74) is 3.38. The van der Waals surface area contributed by atoms with Gasteiger partial charge in [0.1, 0.15) is 14.8 Å². The molecule has 25 heavy (non-hydrogen) atoms. The minimum atomic E-state index is -3.92. The van der Waals surface area contributed by atoms with Crippen LogP contribution >= 0.6 is 22.9 Å². The summed E-state index contributed by atoms with van der Waals surface area (Å²) in [4.78, 5) is 23.5. The van der Waals surface area contributed by atoms with E-state index in [1.807, 2.05) is 0 Å². The molecule has 0 saturated carbocycles. The highest BCUT2D eigenvalue weighted by Crippen LogP contribution is 2.35. The standard InChI is InChI=1S/C15H15ClN2O5S2/c1-15(2,21)14(20)18-13-10(12(17)19)7-11(24-13)25(22,23)9-5-3-8(16)4-6-9/h3-7,21H,1-2H3,(H2,17,19)(H,18,20). The molecule has 0 atom stereocenters. The number of anilines is 1. The number of hydrogen-bond acceptors (Lipinski definition) is 6. The van der Waals surface area contributed by atoms with Crippen LogP contribution in [0.5, 0.6) is 0 Å². The van der Waals surface area contributed by atoms with E-state index in [9.17, 15) is 23.1 Å². The Bertz CT molecular complexity index is 928. The maximum absolute atomic E-state index is 12.7. The molecular weight excluding hydrogens is 388 g/mol. The van der Waals surface area contributed by atoms with Crippen molar-refractivity contribution < 1.29 is 23.1 Å². The van der Waals surface area contributed by atoms with Crippen LogP contribution in [0.3, 0.4) is 0 Å². The molecule has 0 radical (unpaired) electrons. The summed E-state index contributed by atoms with van der Waals surface area (Å²) < 4.78 is 25.2. The molecule has 0 bridgehead atoms. The lowest BCUT2D eigenvalue weighted by molar-refractivity contribution is -0.130. The van der Waals surface area contributed by atoms with Crippen LogP contribution in [0.4, 0.5) is 5.00 Å². The third-order valence-corrected chi connectivity index (χ3v) is 6.69. The molecule has 2 aromatic rings. The Morgan fingerprint density at radius 2 is 1.80 bits per heavy atom. The highest BCUT2D eigenvalue weighted by molar-refractivity contribution is 7.93. The van der Waals surface area contributed by atoms with Crippen molar-refractivity contribution in [1.29, 1.82) is 0 Å². The third kappa shape index (κ3) is 4.18. The number of amides is 2. The molecule has 1 aromatic heterocycles. The van der Waals surface area contributed by atoms with Gasteiger partial charge >= 0.3 is 0 Å². The number of sulfone groups is 1. The molecule has 0 aliphatic heterocycles. The van der Waals surface area contributed by atoms with Crippen molar-refractivity contribution in [3.05, 3.63) is 40.9 Å². The normalized spacial score (nSPS) is 12.0. The number of halogens is 1. The van der Waals surface area contributed by atoms with E-state index in [2.05, 4.69) is 5.32 Å². The number of nitrogens with two attached hydrogens (primary N) is 1. The van der Waals surface area contributed by atoms with E-state index >= 15 is 0 Å². The highest BCUT2D eigenvalue weighted by Gasteiger charge is 2.29. The van der Waals surface area contributed by atoms with Crippen LogP contribution < -0.4 is 11.1 Å². The summed E-state index contributed by atoms with van der Waals surface area (Å²) >= 11 is 6.43. The van der Waals surface area contributed by atoms with Gasteiger partial charge in [-0.3, -0.25) is 9.59 Å². The van der Waals surface area contributed by atoms with Gasteiger partial charge in [0.25, 0.3) is 11.8 Å². The van der Waals surface area contributed by atoms with E-state index in [4.69, 9.17) is 17.3 Å². The zero-order valence-electron chi connectivity index (χ0n) is 13.2. The number of primary amides is 1. The van der Waals surface area contributed by atoms with Crippen molar-refractivity contribution in [2.75, 3.05) is 5.32 Å². The van der Waals surface area contributed by atoms with Crippen LogP contribution in [0.25, 0.3) is 0 Å². The fourth-order valence-electron chi connectivity index (χ4n) is 1.76. The van der Waals surface area contributed by atoms with E-state index in [0.717, 1.165) is 6.07 Å². The van der Waals surface area contributed by atoms with Crippen LogP contribution in [-0.4, -0.2) is 30.9 Å². The Hall–Kier alpha value is -1.94. The Kier molecular flexibility index (Phi) is 5.24. The summed E-state index contributed by atoms with van der Waals surface area (Å²) in [5, 5.41) is 12.3. The SMILES string of the molecule is CC(C)(O)C(=O)Nc1sc(S(=O)(=O)c2ccc(Cl)cc2)cc1C(N)=O. The number of nitrogens with one attached hydrogen (secondary N) is 1. The summed E-state index contributed by atoms with van der Waals surface area (Å²) in [6.45, 7) is 2.51. The molecule has 0 spiro atoms. The van der Waals surface area contributed by atoms with E-state index in [1.165, 1.54) is 38.1 Å². The summed E-state index contributed by atoms with van der Waals surface area (Å²) in [5.74, 6) is -1.70. The average Bonchev–Trinajstić information content (AvgIpc) is 2.91. The summed E-state index contributed by atoms with van der Waals surface area (Å²) in [6, 6.07) is 6.60. The number of carbonyl (C=O) groups is 2. The molecule has 2 amide bonds. The molecule has 1 heterocycles. The van der Waals surface area contributed by atoms with Gasteiger partial charge in [0, 0.05) is 5.02 Å². The molecule has 7 nitrogen and oxygen atoms in total. The van der Waals surface area contributed by atoms with Crippen molar-refractivity contribution in [3.8, 4) is 0 Å². The molecule has 2 rings (SSSR count). The number of aliphatic hydroxyl groups is 1. The molecular formula is C15H15ClN2O5S2. The van der Waals surface area contributed by atoms with Gasteiger partial charge in [0.2, 0.25) is 9.84 Å². The van der Waals surface area contributed by atoms with Crippen molar-refractivity contribution in [2.45, 2.75) is 28.6 Å². The number of thiophene rings is 1. The first-order valence-electron chi connectivity index (χ1n) is 6.91. The van der Waals surface area contributed by atoms with E-state index < -0.39 is 27.3 Å². The maximum Gasteiger partial charge on any atom is 0.256 e. The first-order valence-corrected chi connectivity index (χ1v) is 9.59. The Labute approximate surface area is 153 Å². The molecule has 134 valence electrons. The van der Waals surface area contributed by atoms with E-state index in [-0.39, 0.29) is 19.7 Å². The van der Waals surface area contributed by atoms with Gasteiger partial charge in [-0.05, 0) is 44.2 Å². The van der Waals surface area contributed by atoms with Crippen LogP contribution in [0, 0.1) is 0 Å². The summed E-state index contributed by atoms with van der Waals surface area (Å²) in [7, 11) is -3.92. The monoisotopic (exact) mass is 402 g/mol. The van der Waals surface area contributed by atoms with E-state index in [1.54, 1.807) is 0 Å². The Morgan fingerprint density at radius 3 is 2.28 bits per heavy atom. The lowest BCUT2D eigenvalue weighted by Gasteiger charge is -2.16. The molecule has 0 aliphatic carbocycles. The first-order chi connectivity index (χ1) is 11.4. The zero-order valence-corrected chi connectivity index (χ0v) is 15.6. The second-order valence-corrected chi connectivity index (χ2v) is 9.31. The third-order valence-electron chi connectivity index (χ3n) is 3.15. The first kappa shape index (κ1) is 19.4. The number of benzene rings is 1. The Balaban J connectivity index is 2.50. The average molecular weight is 403 g/mol. The topological polar surface area (TPSA) is 127 Å². The van der Waals surface area contributed by atoms with Gasteiger partial charge in [0.05, 0.1) is 10.5 Å². The predicted molar refractivity (Wildman–Crippen MR) is 94.7 cm³/mol. The fourth-order valence-corrected chi connectivity index (χ4v) is 4.66. The van der Waals surface area contributed by atoms with Crippen molar-refractivity contribution >= 4 is 49.6 Å². The molecule has 0 unspecified atom stereocenters. The summed E-state index contributed by atoms with van der Waals surface area (Å²) in [6.07, 6.45) is 0. The molecule has 4 N–H and O–H groups in total. The maximum atomic E-state index is 12.7. The number of rotatable bonds is 5. The second kappa shape index (κ2) is 6.75. The van der Waals surface area contributed by atoms with Crippen LogP contribution in [0.15, 0.2) is 39.4 Å². The van der Waals surface area contributed by atoms with E-state index in [0.29, 0.717) is 16.4 Å². The predicted octanol–water partition coefficient (Wildman–Crippen LogP) is 2.04. The fraction of sp³-hybridized carbons (Fsp3) is 0.200. The van der Waals surface area contributed by atoms with Crippen LogP contribution in [0.1, 0.15) is 24.2 Å². The van der Waals surface area contributed by atoms with Gasteiger partial charge in [-0.2, -0.15) is 0 Å². The minimum absolute atomic E-state index is 0.0189. The smallest absolute Gasteiger partial charge is 0.256 e. The largest absolute Gasteiger partial charge is 0.381 e. The molecule has 10 heteroatoms. The van der Waals surface area contributed by atoms with Gasteiger partial charge in [-0.15, -0.1) is 11.3 Å². The second-order valence-electron chi connectivity index (χ2n) is 5.64. The quantitative estimate of drug-likeness (QED) is 0.705. The van der Waals surface area contributed by atoms with Crippen LogP contribution in [-0.2, 0) is 14.6 Å². The number of hydrogen-bond donors (Lipinski definition) is 3. The number of carbonyl (C=O) groups excluding carboxylic acids is 2. The molecule has 0 aliphatic rings. The zero-order chi connectivity index (χ0) is 19.0. The minimum Gasteiger partial charge on any atom is -0.381 e. The van der Waals surface area contributed by atoms with Crippen molar-refractivity contribution in [2.24, 2.45) is 5.73 Å². The van der Waals surface area contributed by atoms with Gasteiger partial charge < -0.3 is 16.2 Å². The lowest BCUT2D eigenvalue weighted by atomic mass is 10.1. The van der Waals surface area contributed by atoms with Crippen molar-refractivity contribution in [1.82, 2.24) is 0 Å².